The molecule has 2 aromatic carbocycles. The van der Waals surface area contributed by atoms with Crippen molar-refractivity contribution in [1.82, 2.24) is 24.5 Å². The molecule has 1 aliphatic heterocycles. The van der Waals surface area contributed by atoms with Gasteiger partial charge in [-0.15, -0.1) is 10.2 Å². The summed E-state index contributed by atoms with van der Waals surface area (Å²) < 4.78 is 27.2. The molecule has 6 rings (SSSR count). The van der Waals surface area contributed by atoms with Gasteiger partial charge in [-0.3, -0.25) is 15.0 Å². The average Bonchev–Trinajstić information content (AvgIpc) is 3.05. The van der Waals surface area contributed by atoms with Crippen LogP contribution in [0.2, 0.25) is 0 Å². The molecule has 0 spiro atoms. The van der Waals surface area contributed by atoms with Gasteiger partial charge in [0.2, 0.25) is 0 Å². The fourth-order valence-corrected chi connectivity index (χ4v) is 4.17. The molecule has 0 saturated heterocycles. The van der Waals surface area contributed by atoms with E-state index in [1.807, 2.05) is 0 Å². The van der Waals surface area contributed by atoms with Crippen LogP contribution in [0.4, 0.5) is 4.39 Å². The number of pyridine rings is 1. The number of rotatable bonds is 3. The van der Waals surface area contributed by atoms with Gasteiger partial charge in [0.05, 0.1) is 24.5 Å². The Kier molecular flexibility index (Phi) is 5.10. The van der Waals surface area contributed by atoms with Crippen molar-refractivity contribution in [3.05, 3.63) is 82.2 Å². The summed E-state index contributed by atoms with van der Waals surface area (Å²) in [6.45, 7) is 2.83. The molecule has 3 aromatic heterocycles. The SMILES string of the molecule is Cc1nn2c(nnc3c(=O)n(NC(=O)c4ccc5c(c4)OCCCO5)ccc32)c1-c1ccc(F)cc1. The van der Waals surface area contributed by atoms with Crippen LogP contribution in [0.5, 0.6) is 11.5 Å². The lowest BCUT2D eigenvalue weighted by atomic mass is 10.1. The number of nitrogens with zero attached hydrogens (tertiary/aromatic N) is 5. The topological polar surface area (TPSA) is 113 Å². The number of nitrogens with one attached hydrogen (secondary N) is 1. The number of ether oxygens (including phenoxy) is 2. The smallest absolute Gasteiger partial charge is 0.299 e. The first-order valence-electron chi connectivity index (χ1n) is 11.2. The molecule has 180 valence electrons. The second kappa shape index (κ2) is 8.45. The molecule has 1 amide bonds. The number of carbonyl (C=O) groups excluding carboxylic acids is 1. The summed E-state index contributed by atoms with van der Waals surface area (Å²) in [4.78, 5) is 26.0. The highest BCUT2D eigenvalue weighted by molar-refractivity contribution is 6.00. The van der Waals surface area contributed by atoms with Gasteiger partial charge in [-0.1, -0.05) is 12.1 Å². The van der Waals surface area contributed by atoms with Crippen molar-refractivity contribution >= 4 is 22.6 Å². The molecule has 0 saturated carbocycles. The van der Waals surface area contributed by atoms with Crippen molar-refractivity contribution < 1.29 is 18.7 Å². The van der Waals surface area contributed by atoms with Crippen LogP contribution in [0.25, 0.3) is 27.8 Å². The minimum Gasteiger partial charge on any atom is -0.490 e. The molecule has 5 aromatic rings. The Hall–Kier alpha value is -4.80. The molecule has 36 heavy (non-hydrogen) atoms. The van der Waals surface area contributed by atoms with Crippen LogP contribution < -0.4 is 20.5 Å². The minimum absolute atomic E-state index is 0.0251. The Bertz CT molecular complexity index is 1710. The highest BCUT2D eigenvalue weighted by Gasteiger charge is 2.19. The number of amides is 1. The van der Waals surface area contributed by atoms with E-state index in [1.165, 1.54) is 22.8 Å². The largest absolute Gasteiger partial charge is 0.490 e. The predicted octanol–water partition coefficient (Wildman–Crippen LogP) is 3.10. The maximum Gasteiger partial charge on any atom is 0.299 e. The zero-order chi connectivity index (χ0) is 24.8. The van der Waals surface area contributed by atoms with Gasteiger partial charge in [-0.05, 0) is 48.9 Å². The molecule has 1 aliphatic rings. The lowest BCUT2D eigenvalue weighted by Crippen LogP contribution is -2.33. The second-order valence-electron chi connectivity index (χ2n) is 8.28. The van der Waals surface area contributed by atoms with Crippen molar-refractivity contribution in [2.24, 2.45) is 0 Å². The third kappa shape index (κ3) is 3.61. The van der Waals surface area contributed by atoms with E-state index in [0.29, 0.717) is 52.7 Å². The quantitative estimate of drug-likeness (QED) is 0.417. The zero-order valence-corrected chi connectivity index (χ0v) is 19.1. The van der Waals surface area contributed by atoms with Crippen LogP contribution in [0, 0.1) is 12.7 Å². The average molecular weight is 486 g/mol. The molecule has 4 heterocycles. The minimum atomic E-state index is -0.568. The molecule has 10 nitrogen and oxygen atoms in total. The summed E-state index contributed by atoms with van der Waals surface area (Å²) >= 11 is 0. The standard InChI is InChI=1S/C25H19FN6O4/c1-14-21(15-3-6-17(26)7-4-15)23-28-27-22-18(32(23)29-14)9-10-31(25(22)34)30-24(33)16-5-8-19-20(13-16)36-12-2-11-35-19/h3-10,13H,2,11-12H2,1H3,(H,30,33). The summed E-state index contributed by atoms with van der Waals surface area (Å²) in [6, 6.07) is 12.5. The van der Waals surface area contributed by atoms with Gasteiger partial charge >= 0.3 is 0 Å². The maximum absolute atomic E-state index is 13.4. The first-order valence-corrected chi connectivity index (χ1v) is 11.2. The third-order valence-corrected chi connectivity index (χ3v) is 5.92. The summed E-state index contributed by atoms with van der Waals surface area (Å²) in [5.41, 5.74) is 5.25. The van der Waals surface area contributed by atoms with E-state index in [1.54, 1.807) is 43.3 Å². The van der Waals surface area contributed by atoms with Gasteiger partial charge in [0.25, 0.3) is 11.5 Å². The van der Waals surface area contributed by atoms with Crippen molar-refractivity contribution in [2.75, 3.05) is 18.6 Å². The second-order valence-corrected chi connectivity index (χ2v) is 8.28. The molecule has 11 heteroatoms. The summed E-state index contributed by atoms with van der Waals surface area (Å²) in [7, 11) is 0. The van der Waals surface area contributed by atoms with E-state index in [0.717, 1.165) is 16.7 Å². The van der Waals surface area contributed by atoms with Gasteiger partial charge in [0.1, 0.15) is 11.3 Å². The van der Waals surface area contributed by atoms with Crippen LogP contribution in [0.15, 0.2) is 59.5 Å². The number of aromatic nitrogens is 5. The Balaban J connectivity index is 1.36. The van der Waals surface area contributed by atoms with Crippen LogP contribution >= 0.6 is 0 Å². The first-order chi connectivity index (χ1) is 17.5. The zero-order valence-electron chi connectivity index (χ0n) is 19.1. The van der Waals surface area contributed by atoms with E-state index in [-0.39, 0.29) is 11.3 Å². The normalized spacial score (nSPS) is 13.1. The van der Waals surface area contributed by atoms with E-state index in [4.69, 9.17) is 9.47 Å². The molecular weight excluding hydrogens is 467 g/mol. The summed E-state index contributed by atoms with van der Waals surface area (Å²) in [6.07, 6.45) is 2.18. The first kappa shape index (κ1) is 21.7. The number of benzene rings is 2. The predicted molar refractivity (Wildman–Crippen MR) is 128 cm³/mol. The summed E-state index contributed by atoms with van der Waals surface area (Å²) in [5.74, 6) is 0.194. The van der Waals surface area contributed by atoms with Crippen molar-refractivity contribution in [1.29, 1.82) is 0 Å². The van der Waals surface area contributed by atoms with E-state index in [9.17, 15) is 14.0 Å². The van der Waals surface area contributed by atoms with Gasteiger partial charge in [0.15, 0.2) is 22.7 Å². The molecule has 0 unspecified atom stereocenters. The number of halogens is 1. The van der Waals surface area contributed by atoms with E-state index in [2.05, 4.69) is 20.7 Å². The number of fused-ring (bicyclic) bond motifs is 4. The molecule has 0 fully saturated rings. The van der Waals surface area contributed by atoms with Crippen molar-refractivity contribution in [3.63, 3.8) is 0 Å². The maximum atomic E-state index is 13.4. The Morgan fingerprint density at radius 2 is 1.81 bits per heavy atom. The van der Waals surface area contributed by atoms with Crippen LogP contribution in [0.3, 0.4) is 0 Å². The fourth-order valence-electron chi connectivity index (χ4n) is 4.17. The third-order valence-electron chi connectivity index (χ3n) is 5.92. The van der Waals surface area contributed by atoms with Crippen LogP contribution in [-0.2, 0) is 0 Å². The van der Waals surface area contributed by atoms with E-state index >= 15 is 0 Å². The monoisotopic (exact) mass is 486 g/mol. The molecule has 0 aliphatic carbocycles. The van der Waals surface area contributed by atoms with Gasteiger partial charge < -0.3 is 9.47 Å². The molecular formula is C25H19FN6O4. The summed E-state index contributed by atoms with van der Waals surface area (Å²) in [5, 5.41) is 12.9. The van der Waals surface area contributed by atoms with E-state index < -0.39 is 11.5 Å². The lowest BCUT2D eigenvalue weighted by Gasteiger charge is -2.11. The molecule has 0 radical (unpaired) electrons. The fraction of sp³-hybridized carbons (Fsp3) is 0.160. The van der Waals surface area contributed by atoms with Crippen molar-refractivity contribution in [2.45, 2.75) is 13.3 Å². The van der Waals surface area contributed by atoms with Crippen molar-refractivity contribution in [3.8, 4) is 22.6 Å². The highest BCUT2D eigenvalue weighted by Crippen LogP contribution is 2.31. The van der Waals surface area contributed by atoms with Gasteiger partial charge in [-0.25, -0.2) is 13.6 Å². The van der Waals surface area contributed by atoms with Crippen LogP contribution in [-0.4, -0.2) is 43.6 Å². The van der Waals surface area contributed by atoms with Gasteiger partial charge in [0, 0.05) is 18.2 Å². The number of aryl methyl sites for hydroxylation is 1. The lowest BCUT2D eigenvalue weighted by molar-refractivity contribution is 0.101. The number of hydrogen-bond donors (Lipinski definition) is 1. The molecule has 0 atom stereocenters. The number of hydrogen-bond acceptors (Lipinski definition) is 7. The van der Waals surface area contributed by atoms with Crippen LogP contribution in [0.1, 0.15) is 22.5 Å². The Labute approximate surface area is 202 Å². The molecule has 1 N–H and O–H groups in total. The highest BCUT2D eigenvalue weighted by atomic mass is 19.1. The van der Waals surface area contributed by atoms with Gasteiger partial charge in [-0.2, -0.15) is 5.10 Å². The Morgan fingerprint density at radius 1 is 1.03 bits per heavy atom. The molecule has 0 bridgehead atoms. The Morgan fingerprint density at radius 3 is 2.61 bits per heavy atom. The number of carbonyl (C=O) groups is 1.